The number of hydrogen-bond acceptors (Lipinski definition) is 3. The van der Waals surface area contributed by atoms with E-state index in [0.29, 0.717) is 18.7 Å². The van der Waals surface area contributed by atoms with E-state index in [0.717, 1.165) is 49.8 Å². The van der Waals surface area contributed by atoms with Crippen molar-refractivity contribution in [2.45, 2.75) is 56.5 Å². The topological polar surface area (TPSA) is 62.6 Å². The van der Waals surface area contributed by atoms with Crippen LogP contribution in [0.25, 0.3) is 0 Å². The summed E-state index contributed by atoms with van der Waals surface area (Å²) in [6.07, 6.45) is 7.22. The summed E-state index contributed by atoms with van der Waals surface area (Å²) in [5.74, 6) is 0.364. The number of fused-ring (bicyclic) bond motifs is 1. The lowest BCUT2D eigenvalue weighted by atomic mass is 9.65. The van der Waals surface area contributed by atoms with Crippen LogP contribution in [0.4, 0.5) is 0 Å². The molecule has 0 unspecified atom stereocenters. The fourth-order valence-electron chi connectivity index (χ4n) is 5.71. The highest BCUT2D eigenvalue weighted by atomic mass is 16.3. The Morgan fingerprint density at radius 3 is 2.48 bits per heavy atom. The number of benzene rings is 2. The summed E-state index contributed by atoms with van der Waals surface area (Å²) in [4.78, 5) is 29.5. The smallest absolute Gasteiger partial charge is 0.255 e. The Kier molecular flexibility index (Phi) is 6.03. The molecule has 1 aliphatic heterocycles. The van der Waals surface area contributed by atoms with E-state index >= 15 is 0 Å². The van der Waals surface area contributed by atoms with Crippen LogP contribution < -0.4 is 5.32 Å². The third-order valence-electron chi connectivity index (χ3n) is 7.25. The normalized spacial score (nSPS) is 19.3. The third kappa shape index (κ3) is 4.08. The largest absolute Gasteiger partial charge is 0.467 e. The molecule has 0 radical (unpaired) electrons. The van der Waals surface area contributed by atoms with Crippen molar-refractivity contribution in [2.24, 2.45) is 0 Å². The van der Waals surface area contributed by atoms with E-state index in [1.165, 1.54) is 5.56 Å². The quantitative estimate of drug-likeness (QED) is 0.579. The lowest BCUT2D eigenvalue weighted by molar-refractivity contribution is -0.127. The van der Waals surface area contributed by atoms with Gasteiger partial charge < -0.3 is 14.6 Å². The molecule has 2 aromatic carbocycles. The molecule has 1 atom stereocenters. The van der Waals surface area contributed by atoms with Gasteiger partial charge in [0.25, 0.3) is 5.91 Å². The zero-order chi connectivity index (χ0) is 22.7. The van der Waals surface area contributed by atoms with Gasteiger partial charge in [0.15, 0.2) is 0 Å². The molecule has 1 N–H and O–H groups in total. The molecule has 3 aromatic rings. The van der Waals surface area contributed by atoms with E-state index in [1.54, 1.807) is 6.26 Å². The molecular weight excluding hydrogens is 412 g/mol. The number of furan rings is 1. The SMILES string of the molecule is O=C(NCCc1ccccc1)[C@@H]1c2ccccc2C(=O)N(Cc2ccco2)C12CCCCC2. The predicted molar refractivity (Wildman–Crippen MR) is 127 cm³/mol. The monoisotopic (exact) mass is 442 g/mol. The van der Waals surface area contributed by atoms with E-state index in [4.69, 9.17) is 4.42 Å². The van der Waals surface area contributed by atoms with Crippen LogP contribution in [0.15, 0.2) is 77.4 Å². The fourth-order valence-corrected chi connectivity index (χ4v) is 5.71. The van der Waals surface area contributed by atoms with Crippen molar-refractivity contribution in [1.29, 1.82) is 0 Å². The van der Waals surface area contributed by atoms with Gasteiger partial charge in [0.2, 0.25) is 5.91 Å². The standard InChI is InChI=1S/C28H30N2O3/c31-26(29-18-15-21-10-3-1-4-11-21)25-23-13-5-6-14-24(23)27(32)30(20-22-12-9-19-33-22)28(25)16-7-2-8-17-28/h1,3-6,9-14,19,25H,2,7-8,15-18,20H2,(H,29,31)/t25-/m0/s1. The highest BCUT2D eigenvalue weighted by Gasteiger charge is 2.54. The van der Waals surface area contributed by atoms with Gasteiger partial charge in [0, 0.05) is 12.1 Å². The first-order valence-corrected chi connectivity index (χ1v) is 11.9. The molecule has 0 bridgehead atoms. The van der Waals surface area contributed by atoms with E-state index in [-0.39, 0.29) is 11.8 Å². The maximum absolute atomic E-state index is 13.8. The molecular formula is C28H30N2O3. The van der Waals surface area contributed by atoms with Crippen molar-refractivity contribution in [3.05, 3.63) is 95.4 Å². The van der Waals surface area contributed by atoms with Crippen molar-refractivity contribution in [3.8, 4) is 0 Å². The molecule has 5 nitrogen and oxygen atoms in total. The fraction of sp³-hybridized carbons (Fsp3) is 0.357. The van der Waals surface area contributed by atoms with Crippen molar-refractivity contribution in [3.63, 3.8) is 0 Å². The highest BCUT2D eigenvalue weighted by molar-refractivity contribution is 6.02. The van der Waals surface area contributed by atoms with Crippen LogP contribution in [0, 0.1) is 0 Å². The van der Waals surface area contributed by atoms with Crippen molar-refractivity contribution >= 4 is 11.8 Å². The van der Waals surface area contributed by atoms with Gasteiger partial charge >= 0.3 is 0 Å². The van der Waals surface area contributed by atoms with Gasteiger partial charge in [-0.1, -0.05) is 67.8 Å². The zero-order valence-electron chi connectivity index (χ0n) is 18.8. The van der Waals surface area contributed by atoms with Crippen LogP contribution in [-0.4, -0.2) is 28.8 Å². The zero-order valence-corrected chi connectivity index (χ0v) is 18.8. The number of amides is 2. The molecule has 170 valence electrons. The van der Waals surface area contributed by atoms with Gasteiger partial charge in [-0.15, -0.1) is 0 Å². The lowest BCUT2D eigenvalue weighted by Crippen LogP contribution is -2.62. The average Bonchev–Trinajstić information content (AvgIpc) is 3.37. The van der Waals surface area contributed by atoms with Crippen LogP contribution in [0.2, 0.25) is 0 Å². The number of carbonyl (C=O) groups excluding carboxylic acids is 2. The summed E-state index contributed by atoms with van der Waals surface area (Å²) in [6.45, 7) is 0.956. The minimum Gasteiger partial charge on any atom is -0.467 e. The molecule has 33 heavy (non-hydrogen) atoms. The second-order valence-electron chi connectivity index (χ2n) is 9.18. The summed E-state index contributed by atoms with van der Waals surface area (Å²) >= 11 is 0. The number of nitrogens with zero attached hydrogens (tertiary/aromatic N) is 1. The van der Waals surface area contributed by atoms with Gasteiger partial charge in [-0.3, -0.25) is 9.59 Å². The minimum atomic E-state index is -0.534. The van der Waals surface area contributed by atoms with Crippen LogP contribution in [0.1, 0.15) is 65.3 Å². The first-order chi connectivity index (χ1) is 16.2. The van der Waals surface area contributed by atoms with E-state index < -0.39 is 11.5 Å². The molecule has 2 heterocycles. The Morgan fingerprint density at radius 2 is 1.73 bits per heavy atom. The molecule has 1 fully saturated rings. The molecule has 1 aliphatic carbocycles. The Morgan fingerprint density at radius 1 is 0.970 bits per heavy atom. The number of rotatable bonds is 6. The van der Waals surface area contributed by atoms with Crippen molar-refractivity contribution in [1.82, 2.24) is 10.2 Å². The van der Waals surface area contributed by atoms with E-state index in [9.17, 15) is 9.59 Å². The van der Waals surface area contributed by atoms with Crippen LogP contribution in [-0.2, 0) is 17.8 Å². The van der Waals surface area contributed by atoms with Gasteiger partial charge in [0.05, 0.1) is 24.3 Å². The van der Waals surface area contributed by atoms with E-state index in [2.05, 4.69) is 17.4 Å². The summed E-state index contributed by atoms with van der Waals surface area (Å²) in [7, 11) is 0. The third-order valence-corrected chi connectivity index (χ3v) is 7.25. The van der Waals surface area contributed by atoms with E-state index in [1.807, 2.05) is 59.5 Å². The summed E-state index contributed by atoms with van der Waals surface area (Å²) < 4.78 is 5.62. The molecule has 2 aliphatic rings. The molecule has 1 spiro atoms. The maximum atomic E-state index is 13.8. The Hall–Kier alpha value is -3.34. The summed E-state index contributed by atoms with van der Waals surface area (Å²) in [6, 6.07) is 21.6. The van der Waals surface area contributed by atoms with Crippen LogP contribution in [0.3, 0.4) is 0 Å². The van der Waals surface area contributed by atoms with Gasteiger partial charge in [-0.25, -0.2) is 0 Å². The van der Waals surface area contributed by atoms with Crippen LogP contribution in [0.5, 0.6) is 0 Å². The molecule has 5 heteroatoms. The molecule has 2 amide bonds. The average molecular weight is 443 g/mol. The maximum Gasteiger partial charge on any atom is 0.255 e. The Bertz CT molecular complexity index is 1100. The van der Waals surface area contributed by atoms with Crippen molar-refractivity contribution < 1.29 is 14.0 Å². The first-order valence-electron chi connectivity index (χ1n) is 11.9. The summed E-state index contributed by atoms with van der Waals surface area (Å²) in [5.41, 5.74) is 2.15. The Labute approximate surface area is 194 Å². The summed E-state index contributed by atoms with van der Waals surface area (Å²) in [5, 5.41) is 3.21. The second kappa shape index (κ2) is 9.26. The number of nitrogens with one attached hydrogen (secondary N) is 1. The molecule has 1 aromatic heterocycles. The van der Waals surface area contributed by atoms with Gasteiger partial charge in [0.1, 0.15) is 5.76 Å². The van der Waals surface area contributed by atoms with Crippen molar-refractivity contribution in [2.75, 3.05) is 6.54 Å². The second-order valence-corrected chi connectivity index (χ2v) is 9.18. The molecule has 0 saturated heterocycles. The first kappa shape index (κ1) is 21.5. The predicted octanol–water partition coefficient (Wildman–Crippen LogP) is 5.08. The number of hydrogen-bond donors (Lipinski definition) is 1. The molecule has 5 rings (SSSR count). The minimum absolute atomic E-state index is 0.00256. The number of carbonyl (C=O) groups is 2. The van der Waals surface area contributed by atoms with Crippen LogP contribution >= 0.6 is 0 Å². The van der Waals surface area contributed by atoms with Gasteiger partial charge in [-0.05, 0) is 48.6 Å². The lowest BCUT2D eigenvalue weighted by Gasteiger charge is -2.53. The Balaban J connectivity index is 1.49. The van der Waals surface area contributed by atoms with Gasteiger partial charge in [-0.2, -0.15) is 0 Å². The highest BCUT2D eigenvalue weighted by Crippen LogP contribution is 2.49. The molecule has 1 saturated carbocycles.